The minimum absolute atomic E-state index is 0.0195. The van der Waals surface area contributed by atoms with E-state index in [1.807, 2.05) is 11.8 Å². The lowest BCUT2D eigenvalue weighted by Crippen LogP contribution is -2.45. The van der Waals surface area contributed by atoms with Gasteiger partial charge >= 0.3 is 0 Å². The second kappa shape index (κ2) is 6.82. The average Bonchev–Trinajstić information content (AvgIpc) is 2.80. The zero-order valence-electron chi connectivity index (χ0n) is 14.8. The predicted molar refractivity (Wildman–Crippen MR) is 91.7 cm³/mol. The van der Waals surface area contributed by atoms with Crippen LogP contribution in [0.3, 0.4) is 0 Å². The molecule has 25 heavy (non-hydrogen) atoms. The van der Waals surface area contributed by atoms with Crippen molar-refractivity contribution in [2.75, 3.05) is 39.3 Å². The standard InChI is InChI=1S/C18H24N4O3/c1-3-20-11-18(10-16(20)24)12-21(14(2)23)8-9-22(13-18)17(25)15-6-4-5-7-19-15/h4-7H,3,8-13H2,1-2H3/t18-/m0/s1. The molecule has 1 aromatic heterocycles. The lowest BCUT2D eigenvalue weighted by Gasteiger charge is -2.33. The van der Waals surface area contributed by atoms with Gasteiger partial charge in [0.25, 0.3) is 5.91 Å². The molecule has 0 radical (unpaired) electrons. The highest BCUT2D eigenvalue weighted by Gasteiger charge is 2.47. The second-order valence-electron chi connectivity index (χ2n) is 6.97. The van der Waals surface area contributed by atoms with Crippen LogP contribution in [0.2, 0.25) is 0 Å². The highest BCUT2D eigenvalue weighted by atomic mass is 16.2. The van der Waals surface area contributed by atoms with Gasteiger partial charge in [-0.05, 0) is 19.1 Å². The van der Waals surface area contributed by atoms with Crippen molar-refractivity contribution >= 4 is 17.7 Å². The Bertz CT molecular complexity index is 678. The SMILES string of the molecule is CCN1C[C@@]2(CC1=O)CN(C(C)=O)CCN(C(=O)c1ccccn1)C2. The van der Waals surface area contributed by atoms with Gasteiger partial charge < -0.3 is 14.7 Å². The Morgan fingerprint density at radius 2 is 1.88 bits per heavy atom. The molecule has 3 rings (SSSR count). The molecule has 3 amide bonds. The molecule has 1 atom stereocenters. The maximum Gasteiger partial charge on any atom is 0.272 e. The molecule has 1 aromatic rings. The normalized spacial score (nSPS) is 23.9. The number of amides is 3. The van der Waals surface area contributed by atoms with Gasteiger partial charge in [-0.2, -0.15) is 0 Å². The number of rotatable bonds is 2. The van der Waals surface area contributed by atoms with Crippen molar-refractivity contribution in [3.05, 3.63) is 30.1 Å². The molecule has 0 N–H and O–H groups in total. The van der Waals surface area contributed by atoms with Crippen molar-refractivity contribution in [3.8, 4) is 0 Å². The molecule has 2 aliphatic heterocycles. The number of hydrogen-bond donors (Lipinski definition) is 0. The molecule has 2 saturated heterocycles. The minimum atomic E-state index is -0.403. The fraction of sp³-hybridized carbons (Fsp3) is 0.556. The number of nitrogens with zero attached hydrogens (tertiary/aromatic N) is 4. The molecule has 7 nitrogen and oxygen atoms in total. The number of hydrogen-bond acceptors (Lipinski definition) is 4. The molecule has 0 aromatic carbocycles. The zero-order chi connectivity index (χ0) is 18.0. The van der Waals surface area contributed by atoms with E-state index < -0.39 is 5.41 Å². The van der Waals surface area contributed by atoms with Crippen LogP contribution in [0.5, 0.6) is 0 Å². The van der Waals surface area contributed by atoms with E-state index in [4.69, 9.17) is 0 Å². The molecule has 2 aliphatic rings. The summed E-state index contributed by atoms with van der Waals surface area (Å²) in [5.74, 6) is -0.0696. The first-order valence-electron chi connectivity index (χ1n) is 8.68. The van der Waals surface area contributed by atoms with Crippen molar-refractivity contribution in [2.24, 2.45) is 5.41 Å². The average molecular weight is 344 g/mol. The van der Waals surface area contributed by atoms with Gasteiger partial charge in [-0.3, -0.25) is 19.4 Å². The van der Waals surface area contributed by atoms with Crippen LogP contribution in [0.4, 0.5) is 0 Å². The van der Waals surface area contributed by atoms with E-state index >= 15 is 0 Å². The molecule has 1 spiro atoms. The molecule has 7 heteroatoms. The molecule has 0 bridgehead atoms. The minimum Gasteiger partial charge on any atom is -0.342 e. The van der Waals surface area contributed by atoms with Crippen LogP contribution in [-0.2, 0) is 9.59 Å². The first-order chi connectivity index (χ1) is 11.9. The number of aromatic nitrogens is 1. The predicted octanol–water partition coefficient (Wildman–Crippen LogP) is 0.624. The third-order valence-corrected chi connectivity index (χ3v) is 5.10. The monoisotopic (exact) mass is 344 g/mol. The Labute approximate surface area is 147 Å². The summed E-state index contributed by atoms with van der Waals surface area (Å²) in [5, 5.41) is 0. The van der Waals surface area contributed by atoms with Crippen molar-refractivity contribution in [1.29, 1.82) is 0 Å². The highest BCUT2D eigenvalue weighted by molar-refractivity contribution is 5.92. The van der Waals surface area contributed by atoms with Gasteiger partial charge in [0.15, 0.2) is 0 Å². The molecule has 0 saturated carbocycles. The maximum absolute atomic E-state index is 12.9. The van der Waals surface area contributed by atoms with E-state index in [0.29, 0.717) is 51.4 Å². The van der Waals surface area contributed by atoms with Gasteiger partial charge in [-0.1, -0.05) is 6.07 Å². The Morgan fingerprint density at radius 3 is 2.48 bits per heavy atom. The summed E-state index contributed by atoms with van der Waals surface area (Å²) in [6, 6.07) is 5.25. The zero-order valence-corrected chi connectivity index (χ0v) is 14.8. The van der Waals surface area contributed by atoms with Crippen molar-refractivity contribution < 1.29 is 14.4 Å². The van der Waals surface area contributed by atoms with Gasteiger partial charge in [0.2, 0.25) is 11.8 Å². The van der Waals surface area contributed by atoms with Crippen LogP contribution in [0.1, 0.15) is 30.8 Å². The Morgan fingerprint density at radius 1 is 1.16 bits per heavy atom. The fourth-order valence-electron chi connectivity index (χ4n) is 3.83. The number of carbonyl (C=O) groups excluding carboxylic acids is 3. The summed E-state index contributed by atoms with van der Waals surface area (Å²) < 4.78 is 0. The van der Waals surface area contributed by atoms with Crippen molar-refractivity contribution in [2.45, 2.75) is 20.3 Å². The van der Waals surface area contributed by atoms with Gasteiger partial charge in [0.05, 0.1) is 0 Å². The molecular formula is C18H24N4O3. The summed E-state index contributed by atoms with van der Waals surface area (Å²) in [6.45, 7) is 6.64. The summed E-state index contributed by atoms with van der Waals surface area (Å²) >= 11 is 0. The molecule has 0 aliphatic carbocycles. The van der Waals surface area contributed by atoms with Crippen molar-refractivity contribution in [3.63, 3.8) is 0 Å². The highest BCUT2D eigenvalue weighted by Crippen LogP contribution is 2.35. The van der Waals surface area contributed by atoms with Crippen LogP contribution in [0.25, 0.3) is 0 Å². The third kappa shape index (κ3) is 3.50. The fourth-order valence-corrected chi connectivity index (χ4v) is 3.83. The summed E-state index contributed by atoms with van der Waals surface area (Å²) in [6.07, 6.45) is 1.97. The third-order valence-electron chi connectivity index (χ3n) is 5.10. The quantitative estimate of drug-likeness (QED) is 0.788. The van der Waals surface area contributed by atoms with E-state index in [2.05, 4.69) is 4.98 Å². The first kappa shape index (κ1) is 17.4. The van der Waals surface area contributed by atoms with E-state index in [1.165, 1.54) is 6.92 Å². The largest absolute Gasteiger partial charge is 0.342 e. The van der Waals surface area contributed by atoms with Crippen LogP contribution < -0.4 is 0 Å². The summed E-state index contributed by atoms with van der Waals surface area (Å²) in [7, 11) is 0. The van der Waals surface area contributed by atoms with Crippen LogP contribution in [0, 0.1) is 5.41 Å². The Balaban J connectivity index is 1.88. The molecule has 134 valence electrons. The summed E-state index contributed by atoms with van der Waals surface area (Å²) in [4.78, 5) is 46.6. The molecule has 3 heterocycles. The van der Waals surface area contributed by atoms with Crippen LogP contribution in [0.15, 0.2) is 24.4 Å². The lowest BCUT2D eigenvalue weighted by atomic mass is 9.85. The van der Waals surface area contributed by atoms with Gasteiger partial charge in [-0.25, -0.2) is 0 Å². The van der Waals surface area contributed by atoms with Gasteiger partial charge in [0.1, 0.15) is 5.69 Å². The second-order valence-corrected chi connectivity index (χ2v) is 6.97. The maximum atomic E-state index is 12.9. The Kier molecular flexibility index (Phi) is 4.74. The molecule has 0 unspecified atom stereocenters. The van der Waals surface area contributed by atoms with E-state index in [9.17, 15) is 14.4 Å². The topological polar surface area (TPSA) is 73.8 Å². The van der Waals surface area contributed by atoms with E-state index in [0.717, 1.165) is 0 Å². The van der Waals surface area contributed by atoms with E-state index in [-0.39, 0.29) is 17.7 Å². The lowest BCUT2D eigenvalue weighted by molar-refractivity contribution is -0.130. The Hall–Kier alpha value is -2.44. The van der Waals surface area contributed by atoms with E-state index in [1.54, 1.807) is 34.2 Å². The number of likely N-dealkylation sites (tertiary alicyclic amines) is 1. The first-order valence-corrected chi connectivity index (χ1v) is 8.68. The number of carbonyl (C=O) groups is 3. The molecular weight excluding hydrogens is 320 g/mol. The van der Waals surface area contributed by atoms with Gasteiger partial charge in [0, 0.05) is 64.2 Å². The number of pyridine rings is 1. The van der Waals surface area contributed by atoms with Crippen LogP contribution >= 0.6 is 0 Å². The summed E-state index contributed by atoms with van der Waals surface area (Å²) in [5.41, 5.74) is -0.00900. The smallest absolute Gasteiger partial charge is 0.272 e. The van der Waals surface area contributed by atoms with Crippen molar-refractivity contribution in [1.82, 2.24) is 19.7 Å². The molecule has 2 fully saturated rings. The van der Waals surface area contributed by atoms with Crippen LogP contribution in [-0.4, -0.2) is 76.7 Å². The van der Waals surface area contributed by atoms with Gasteiger partial charge in [-0.15, -0.1) is 0 Å².